The summed E-state index contributed by atoms with van der Waals surface area (Å²) in [5.74, 6) is 1.69. The Kier molecular flexibility index (Phi) is 5.07. The van der Waals surface area contributed by atoms with Gasteiger partial charge in [-0.3, -0.25) is 9.69 Å². The number of piperidine rings is 1. The summed E-state index contributed by atoms with van der Waals surface area (Å²) in [5, 5.41) is 8.25. The quantitative estimate of drug-likeness (QED) is 0.756. The third-order valence-electron chi connectivity index (χ3n) is 6.36. The van der Waals surface area contributed by atoms with Crippen LogP contribution < -0.4 is 0 Å². The van der Waals surface area contributed by atoms with Gasteiger partial charge >= 0.3 is 0 Å². The highest BCUT2D eigenvalue weighted by Gasteiger charge is 2.58. The van der Waals surface area contributed by atoms with Crippen molar-refractivity contribution < 1.29 is 9.32 Å². The number of aryl methyl sites for hydroxylation is 1. The number of aromatic nitrogens is 2. The Bertz CT molecular complexity index is 780. The maximum atomic E-state index is 12.3. The van der Waals surface area contributed by atoms with E-state index in [1.54, 1.807) is 18.3 Å². The average Bonchev–Trinajstić information content (AvgIpc) is 3.08. The lowest BCUT2D eigenvalue weighted by atomic mass is 9.91. The molecule has 1 amide bonds. The van der Waals surface area contributed by atoms with Crippen LogP contribution in [0.4, 0.5) is 0 Å². The molecule has 6 nitrogen and oxygen atoms in total. The molecular weight excluding hydrogens is 360 g/mol. The summed E-state index contributed by atoms with van der Waals surface area (Å²) in [7, 11) is 0. The van der Waals surface area contributed by atoms with Gasteiger partial charge in [-0.25, -0.2) is 0 Å². The smallest absolute Gasteiger partial charge is 0.243 e. The van der Waals surface area contributed by atoms with Crippen LogP contribution in [0.1, 0.15) is 63.4 Å². The summed E-state index contributed by atoms with van der Waals surface area (Å²) in [6.45, 7) is 8.67. The second-order valence-corrected chi connectivity index (χ2v) is 8.76. The van der Waals surface area contributed by atoms with Crippen molar-refractivity contribution in [1.29, 1.82) is 0 Å². The van der Waals surface area contributed by atoms with Crippen LogP contribution >= 0.6 is 11.3 Å². The fraction of sp³-hybridized carbons (Fsp3) is 0.650. The highest BCUT2D eigenvalue weighted by atomic mass is 32.1. The minimum atomic E-state index is 0.155. The summed E-state index contributed by atoms with van der Waals surface area (Å²) in [4.78, 5) is 21.3. The number of nitrogens with zero attached hydrogens (tertiary/aromatic N) is 4. The molecule has 1 saturated carbocycles. The van der Waals surface area contributed by atoms with Crippen molar-refractivity contribution in [2.75, 3.05) is 13.1 Å². The number of carbonyl (C=O) groups is 1. The van der Waals surface area contributed by atoms with Gasteiger partial charge < -0.3 is 9.42 Å². The van der Waals surface area contributed by atoms with Gasteiger partial charge in [0.1, 0.15) is 0 Å². The molecule has 2 fully saturated rings. The van der Waals surface area contributed by atoms with Crippen LogP contribution in [0.2, 0.25) is 0 Å². The Morgan fingerprint density at radius 2 is 2.26 bits per heavy atom. The molecule has 0 radical (unpaired) electrons. The van der Waals surface area contributed by atoms with E-state index < -0.39 is 0 Å². The molecule has 0 bridgehead atoms. The van der Waals surface area contributed by atoms with Crippen molar-refractivity contribution in [3.63, 3.8) is 0 Å². The number of thiophene rings is 1. The molecule has 0 aromatic carbocycles. The molecular formula is C20H28N4O2S. The van der Waals surface area contributed by atoms with E-state index in [0.29, 0.717) is 11.5 Å². The van der Waals surface area contributed by atoms with Crippen LogP contribution in [0.3, 0.4) is 0 Å². The van der Waals surface area contributed by atoms with Crippen LogP contribution in [0.25, 0.3) is 0 Å². The highest BCUT2D eigenvalue weighted by Crippen LogP contribution is 2.57. The van der Waals surface area contributed by atoms with E-state index >= 15 is 0 Å². The van der Waals surface area contributed by atoms with Gasteiger partial charge in [0.25, 0.3) is 0 Å². The SMILES string of the molecule is CCc1noc([C@@H](C)N2CCC3(CC2)C[C@@H]3N(Cc2ccsc2)C(C)=O)n1. The first-order valence-electron chi connectivity index (χ1n) is 9.87. The van der Waals surface area contributed by atoms with E-state index in [1.807, 2.05) is 6.92 Å². The van der Waals surface area contributed by atoms with Crippen molar-refractivity contribution >= 4 is 17.2 Å². The van der Waals surface area contributed by atoms with Crippen LogP contribution in [0.5, 0.6) is 0 Å². The Labute approximate surface area is 164 Å². The fourth-order valence-corrected chi connectivity index (χ4v) is 5.08. The molecule has 27 heavy (non-hydrogen) atoms. The van der Waals surface area contributed by atoms with Gasteiger partial charge in [-0.1, -0.05) is 12.1 Å². The molecule has 2 aromatic heterocycles. The molecule has 2 aromatic rings. The number of hydrogen-bond acceptors (Lipinski definition) is 6. The molecule has 2 atom stereocenters. The van der Waals surface area contributed by atoms with Crippen molar-refractivity contribution in [1.82, 2.24) is 19.9 Å². The maximum absolute atomic E-state index is 12.3. The van der Waals surface area contributed by atoms with Gasteiger partial charge in [-0.2, -0.15) is 16.3 Å². The zero-order valence-corrected chi connectivity index (χ0v) is 17.2. The standard InChI is InChI=1S/C20H28N4O2S/c1-4-18-21-19(26-22-18)14(2)23-8-6-20(7-9-23)11-17(20)24(15(3)25)12-16-5-10-27-13-16/h5,10,13-14,17H,4,6-9,11-12H2,1-3H3/t14-,17+/m1/s1. The van der Waals surface area contributed by atoms with Gasteiger partial charge in [0, 0.05) is 25.9 Å². The zero-order valence-electron chi connectivity index (χ0n) is 16.4. The number of likely N-dealkylation sites (tertiary alicyclic amines) is 1. The number of hydrogen-bond donors (Lipinski definition) is 0. The van der Waals surface area contributed by atoms with E-state index in [-0.39, 0.29) is 11.9 Å². The third kappa shape index (κ3) is 3.67. The summed E-state index contributed by atoms with van der Waals surface area (Å²) >= 11 is 1.69. The van der Waals surface area contributed by atoms with E-state index in [1.165, 1.54) is 5.56 Å². The average molecular weight is 389 g/mol. The van der Waals surface area contributed by atoms with Crippen molar-refractivity contribution in [3.8, 4) is 0 Å². The third-order valence-corrected chi connectivity index (χ3v) is 7.09. The predicted octanol–water partition coefficient (Wildman–Crippen LogP) is 3.66. The monoisotopic (exact) mass is 388 g/mol. The van der Waals surface area contributed by atoms with Gasteiger partial charge in [-0.05, 0) is 67.1 Å². The molecule has 1 aliphatic heterocycles. The first-order valence-corrected chi connectivity index (χ1v) is 10.8. The molecule has 146 valence electrons. The van der Waals surface area contributed by atoms with Gasteiger partial charge in [0.2, 0.25) is 11.8 Å². The van der Waals surface area contributed by atoms with E-state index in [4.69, 9.17) is 4.52 Å². The predicted molar refractivity (Wildman–Crippen MR) is 104 cm³/mol. The first kappa shape index (κ1) is 18.6. The molecule has 7 heteroatoms. The largest absolute Gasteiger partial charge is 0.338 e. The topological polar surface area (TPSA) is 62.5 Å². The Hall–Kier alpha value is -1.73. The summed E-state index contributed by atoms with van der Waals surface area (Å²) in [6.07, 6.45) is 4.19. The minimum absolute atomic E-state index is 0.155. The molecule has 2 aliphatic rings. The van der Waals surface area contributed by atoms with Gasteiger partial charge in [0.15, 0.2) is 5.82 Å². The number of carbonyl (C=O) groups excluding carboxylic acids is 1. The lowest BCUT2D eigenvalue weighted by Crippen LogP contribution is -2.41. The Balaban J connectivity index is 1.36. The molecule has 1 spiro atoms. The molecule has 3 heterocycles. The second kappa shape index (κ2) is 7.36. The molecule has 1 saturated heterocycles. The van der Waals surface area contributed by atoms with E-state index in [2.05, 4.69) is 43.7 Å². The van der Waals surface area contributed by atoms with Crippen molar-refractivity contribution in [3.05, 3.63) is 34.1 Å². The normalized spacial score (nSPS) is 22.7. The van der Waals surface area contributed by atoms with E-state index in [9.17, 15) is 4.79 Å². The van der Waals surface area contributed by atoms with Crippen molar-refractivity contribution in [2.45, 2.75) is 65.1 Å². The Morgan fingerprint density at radius 1 is 1.48 bits per heavy atom. The van der Waals surface area contributed by atoms with E-state index in [0.717, 1.165) is 57.0 Å². The second-order valence-electron chi connectivity index (χ2n) is 7.98. The fourth-order valence-electron chi connectivity index (χ4n) is 4.42. The van der Waals surface area contributed by atoms with Gasteiger partial charge in [0.05, 0.1) is 6.04 Å². The van der Waals surface area contributed by atoms with Crippen LogP contribution in [-0.2, 0) is 17.8 Å². The molecule has 0 N–H and O–H groups in total. The molecule has 4 rings (SSSR count). The molecule has 1 aliphatic carbocycles. The number of amides is 1. The summed E-state index contributed by atoms with van der Waals surface area (Å²) < 4.78 is 5.43. The highest BCUT2D eigenvalue weighted by molar-refractivity contribution is 7.07. The van der Waals surface area contributed by atoms with Crippen LogP contribution in [-0.4, -0.2) is 45.0 Å². The minimum Gasteiger partial charge on any atom is -0.338 e. The van der Waals surface area contributed by atoms with Crippen LogP contribution in [0, 0.1) is 5.41 Å². The summed E-state index contributed by atoms with van der Waals surface area (Å²) in [5.41, 5.74) is 1.55. The molecule has 0 unspecified atom stereocenters. The maximum Gasteiger partial charge on any atom is 0.243 e. The lowest BCUT2D eigenvalue weighted by Gasteiger charge is -2.36. The van der Waals surface area contributed by atoms with Crippen molar-refractivity contribution in [2.24, 2.45) is 5.41 Å². The summed E-state index contributed by atoms with van der Waals surface area (Å²) in [6, 6.07) is 2.67. The van der Waals surface area contributed by atoms with Crippen LogP contribution in [0.15, 0.2) is 21.3 Å². The first-order chi connectivity index (χ1) is 13.0. The lowest BCUT2D eigenvalue weighted by molar-refractivity contribution is -0.130. The van der Waals surface area contributed by atoms with Gasteiger partial charge in [-0.15, -0.1) is 0 Å². The Morgan fingerprint density at radius 3 is 2.85 bits per heavy atom. The number of rotatable bonds is 6. The zero-order chi connectivity index (χ0) is 19.0.